The molecule has 5 nitrogen and oxygen atoms in total. The molecule has 0 unspecified atom stereocenters. The smallest absolute Gasteiger partial charge is 0.211 e. The molecule has 2 aromatic rings. The van der Waals surface area contributed by atoms with E-state index in [0.29, 0.717) is 6.61 Å². The first-order valence-corrected chi connectivity index (χ1v) is 6.54. The first kappa shape index (κ1) is 14.6. The largest absolute Gasteiger partial charge is 0.488 e. The number of guanidine groups is 1. The fourth-order valence-corrected chi connectivity index (χ4v) is 1.77. The van der Waals surface area contributed by atoms with Crippen LogP contribution < -0.4 is 16.2 Å². The summed E-state index contributed by atoms with van der Waals surface area (Å²) in [5.74, 6) is 0.665. The third-order valence-electron chi connectivity index (χ3n) is 2.78. The Balaban J connectivity index is 2.15. The SMILES string of the molecule is Cc1ccc(C=NN=C(N)N)c(OCc2ccccc2)c1. The summed E-state index contributed by atoms with van der Waals surface area (Å²) in [4.78, 5) is 0. The van der Waals surface area contributed by atoms with Crippen LogP contribution in [-0.2, 0) is 6.61 Å². The molecule has 2 rings (SSSR count). The average Bonchev–Trinajstić information content (AvgIpc) is 2.48. The zero-order chi connectivity index (χ0) is 15.1. The maximum absolute atomic E-state index is 5.86. The van der Waals surface area contributed by atoms with Crippen LogP contribution in [0.3, 0.4) is 0 Å². The molecule has 0 amide bonds. The van der Waals surface area contributed by atoms with Crippen molar-refractivity contribution < 1.29 is 4.74 Å². The van der Waals surface area contributed by atoms with Crippen LogP contribution in [0.2, 0.25) is 0 Å². The van der Waals surface area contributed by atoms with Gasteiger partial charge in [0.05, 0.1) is 6.21 Å². The molecule has 0 atom stereocenters. The van der Waals surface area contributed by atoms with E-state index in [2.05, 4.69) is 10.2 Å². The maximum Gasteiger partial charge on any atom is 0.211 e. The van der Waals surface area contributed by atoms with Crippen molar-refractivity contribution >= 4 is 12.2 Å². The van der Waals surface area contributed by atoms with Gasteiger partial charge in [-0.2, -0.15) is 5.10 Å². The third-order valence-corrected chi connectivity index (χ3v) is 2.78. The van der Waals surface area contributed by atoms with Gasteiger partial charge in [0.25, 0.3) is 0 Å². The monoisotopic (exact) mass is 282 g/mol. The van der Waals surface area contributed by atoms with E-state index in [1.165, 1.54) is 0 Å². The summed E-state index contributed by atoms with van der Waals surface area (Å²) in [6, 6.07) is 15.8. The molecule has 0 saturated carbocycles. The van der Waals surface area contributed by atoms with Gasteiger partial charge in [-0.3, -0.25) is 0 Å². The minimum Gasteiger partial charge on any atom is -0.488 e. The van der Waals surface area contributed by atoms with Crippen LogP contribution in [0.4, 0.5) is 0 Å². The van der Waals surface area contributed by atoms with Crippen LogP contribution in [0.25, 0.3) is 0 Å². The van der Waals surface area contributed by atoms with Crippen molar-refractivity contribution in [1.82, 2.24) is 0 Å². The van der Waals surface area contributed by atoms with Gasteiger partial charge in [-0.25, -0.2) is 0 Å². The van der Waals surface area contributed by atoms with E-state index in [1.54, 1.807) is 6.21 Å². The van der Waals surface area contributed by atoms with E-state index in [4.69, 9.17) is 16.2 Å². The Morgan fingerprint density at radius 3 is 2.62 bits per heavy atom. The second-order valence-electron chi connectivity index (χ2n) is 4.58. The summed E-state index contributed by atoms with van der Waals surface area (Å²) in [5.41, 5.74) is 13.5. The first-order valence-electron chi connectivity index (χ1n) is 6.54. The molecule has 4 N–H and O–H groups in total. The van der Waals surface area contributed by atoms with E-state index in [1.807, 2.05) is 55.5 Å². The van der Waals surface area contributed by atoms with Crippen LogP contribution in [-0.4, -0.2) is 12.2 Å². The second-order valence-corrected chi connectivity index (χ2v) is 4.58. The molecule has 0 spiro atoms. The summed E-state index contributed by atoms with van der Waals surface area (Å²) >= 11 is 0. The van der Waals surface area contributed by atoms with Gasteiger partial charge in [0, 0.05) is 5.56 Å². The number of hydrogen-bond acceptors (Lipinski definition) is 3. The Labute approximate surface area is 124 Å². The molecule has 0 radical (unpaired) electrons. The molecule has 0 aliphatic heterocycles. The summed E-state index contributed by atoms with van der Waals surface area (Å²) < 4.78 is 5.86. The van der Waals surface area contributed by atoms with Crippen molar-refractivity contribution in [3.8, 4) is 5.75 Å². The Hall–Kier alpha value is -2.82. The van der Waals surface area contributed by atoms with Gasteiger partial charge in [0.2, 0.25) is 5.96 Å². The Morgan fingerprint density at radius 1 is 1.14 bits per heavy atom. The normalized spacial score (nSPS) is 10.5. The van der Waals surface area contributed by atoms with Crippen molar-refractivity contribution in [3.05, 3.63) is 65.2 Å². The highest BCUT2D eigenvalue weighted by Gasteiger charge is 2.03. The summed E-state index contributed by atoms with van der Waals surface area (Å²) in [5, 5.41) is 7.41. The number of aryl methyl sites for hydroxylation is 1. The summed E-state index contributed by atoms with van der Waals surface area (Å²) in [6.45, 7) is 2.50. The van der Waals surface area contributed by atoms with Crippen molar-refractivity contribution in [3.63, 3.8) is 0 Å². The predicted molar refractivity (Wildman–Crippen MR) is 85.4 cm³/mol. The van der Waals surface area contributed by atoms with Gasteiger partial charge in [-0.1, -0.05) is 36.4 Å². The van der Waals surface area contributed by atoms with E-state index >= 15 is 0 Å². The van der Waals surface area contributed by atoms with Crippen molar-refractivity contribution in [2.45, 2.75) is 13.5 Å². The lowest BCUT2D eigenvalue weighted by atomic mass is 10.1. The zero-order valence-electron chi connectivity index (χ0n) is 11.9. The zero-order valence-corrected chi connectivity index (χ0v) is 11.9. The molecule has 21 heavy (non-hydrogen) atoms. The molecular formula is C16H18N4O. The molecule has 108 valence electrons. The first-order chi connectivity index (χ1) is 10.1. The molecule has 0 saturated heterocycles. The molecule has 0 aliphatic carbocycles. The Kier molecular flexibility index (Phi) is 4.93. The topological polar surface area (TPSA) is 86.0 Å². The van der Waals surface area contributed by atoms with Gasteiger partial charge in [-0.05, 0) is 30.2 Å². The standard InChI is InChI=1S/C16H18N4O/c1-12-7-8-14(10-19-20-16(17)18)15(9-12)21-11-13-5-3-2-4-6-13/h2-10H,11H2,1H3,(H4,17,18,20). The second kappa shape index (κ2) is 7.09. The van der Waals surface area contributed by atoms with Crippen LogP contribution >= 0.6 is 0 Å². The number of nitrogens with two attached hydrogens (primary N) is 2. The minimum absolute atomic E-state index is 0.0786. The van der Waals surface area contributed by atoms with Crippen molar-refractivity contribution in [2.24, 2.45) is 21.7 Å². The lowest BCUT2D eigenvalue weighted by molar-refractivity contribution is 0.305. The number of rotatable bonds is 5. The van der Waals surface area contributed by atoms with E-state index in [9.17, 15) is 0 Å². The quantitative estimate of drug-likeness (QED) is 0.500. The summed E-state index contributed by atoms with van der Waals surface area (Å²) in [6.07, 6.45) is 1.57. The van der Waals surface area contributed by atoms with Gasteiger partial charge in [-0.15, -0.1) is 5.10 Å². The lowest BCUT2D eigenvalue weighted by Crippen LogP contribution is -2.21. The number of ether oxygens (including phenoxy) is 1. The number of benzene rings is 2. The minimum atomic E-state index is -0.0786. The lowest BCUT2D eigenvalue weighted by Gasteiger charge is -2.10. The Morgan fingerprint density at radius 2 is 1.90 bits per heavy atom. The van der Waals surface area contributed by atoms with Gasteiger partial charge in [0.15, 0.2) is 0 Å². The fraction of sp³-hybridized carbons (Fsp3) is 0.125. The molecular weight excluding hydrogens is 264 g/mol. The van der Waals surface area contributed by atoms with E-state index in [-0.39, 0.29) is 5.96 Å². The maximum atomic E-state index is 5.86. The van der Waals surface area contributed by atoms with Crippen molar-refractivity contribution in [1.29, 1.82) is 0 Å². The molecule has 0 aromatic heterocycles. The van der Waals surface area contributed by atoms with E-state index < -0.39 is 0 Å². The molecule has 0 bridgehead atoms. The molecule has 2 aromatic carbocycles. The van der Waals surface area contributed by atoms with Crippen LogP contribution in [0.5, 0.6) is 5.75 Å². The predicted octanol–water partition coefficient (Wildman–Crippen LogP) is 2.18. The van der Waals surface area contributed by atoms with Gasteiger partial charge < -0.3 is 16.2 Å². The van der Waals surface area contributed by atoms with Gasteiger partial charge in [0.1, 0.15) is 12.4 Å². The summed E-state index contributed by atoms with van der Waals surface area (Å²) in [7, 11) is 0. The number of nitrogens with zero attached hydrogens (tertiary/aromatic N) is 2. The molecule has 0 aliphatic rings. The van der Waals surface area contributed by atoms with E-state index in [0.717, 1.165) is 22.4 Å². The van der Waals surface area contributed by atoms with Crippen molar-refractivity contribution in [2.75, 3.05) is 0 Å². The van der Waals surface area contributed by atoms with Crippen LogP contribution in [0, 0.1) is 6.92 Å². The Bertz CT molecular complexity index is 647. The molecule has 0 heterocycles. The highest BCUT2D eigenvalue weighted by atomic mass is 16.5. The fourth-order valence-electron chi connectivity index (χ4n) is 1.77. The highest BCUT2D eigenvalue weighted by molar-refractivity contribution is 5.84. The highest BCUT2D eigenvalue weighted by Crippen LogP contribution is 2.20. The third kappa shape index (κ3) is 4.65. The number of hydrogen-bond donors (Lipinski definition) is 2. The molecule has 0 fully saturated rings. The molecule has 5 heteroatoms. The van der Waals surface area contributed by atoms with Crippen LogP contribution in [0.1, 0.15) is 16.7 Å². The average molecular weight is 282 g/mol. The van der Waals surface area contributed by atoms with Gasteiger partial charge >= 0.3 is 0 Å². The van der Waals surface area contributed by atoms with Crippen LogP contribution in [0.15, 0.2) is 58.7 Å².